The van der Waals surface area contributed by atoms with Crippen molar-refractivity contribution in [3.63, 3.8) is 0 Å². The Balaban J connectivity index is 2.18. The third-order valence-corrected chi connectivity index (χ3v) is 5.04. The number of rotatable bonds is 7. The number of hydrogen-bond acceptors (Lipinski definition) is 6. The smallest absolute Gasteiger partial charge is 0.330 e. The Kier molecular flexibility index (Phi) is 6.55. The van der Waals surface area contributed by atoms with Crippen molar-refractivity contribution in [3.8, 4) is 0 Å². The van der Waals surface area contributed by atoms with E-state index in [-0.39, 0.29) is 36.9 Å². The molecule has 140 valence electrons. The molecule has 8 heteroatoms. The molecule has 0 spiro atoms. The van der Waals surface area contributed by atoms with Crippen LogP contribution in [0.15, 0.2) is 9.59 Å². The highest BCUT2D eigenvalue weighted by atomic mass is 16.5. The van der Waals surface area contributed by atoms with E-state index < -0.39 is 11.2 Å². The van der Waals surface area contributed by atoms with Crippen LogP contribution in [-0.2, 0) is 11.3 Å². The molecule has 3 N–H and O–H groups in total. The number of carbonyl (C=O) groups excluding carboxylic acids is 1. The lowest BCUT2D eigenvalue weighted by Gasteiger charge is -2.33. The highest BCUT2D eigenvalue weighted by Crippen LogP contribution is 2.26. The second-order valence-corrected chi connectivity index (χ2v) is 6.92. The molecule has 1 aliphatic rings. The van der Waals surface area contributed by atoms with Gasteiger partial charge in [0.2, 0.25) is 0 Å². The average molecular weight is 352 g/mol. The van der Waals surface area contributed by atoms with E-state index in [0.717, 1.165) is 31.6 Å². The molecule has 0 radical (unpaired) electrons. The van der Waals surface area contributed by atoms with Crippen LogP contribution in [0.2, 0.25) is 0 Å². The maximum absolute atomic E-state index is 12.7. The predicted octanol–water partition coefficient (Wildman–Crippen LogP) is 0.458. The highest BCUT2D eigenvalue weighted by Gasteiger charge is 2.26. The third kappa shape index (κ3) is 4.58. The van der Waals surface area contributed by atoms with E-state index in [1.54, 1.807) is 0 Å². The van der Waals surface area contributed by atoms with Crippen molar-refractivity contribution >= 4 is 11.6 Å². The van der Waals surface area contributed by atoms with Gasteiger partial charge in [0.05, 0.1) is 19.7 Å². The molecule has 0 aliphatic heterocycles. The van der Waals surface area contributed by atoms with Gasteiger partial charge in [0.15, 0.2) is 5.78 Å². The van der Waals surface area contributed by atoms with E-state index in [1.165, 1.54) is 11.7 Å². The molecule has 0 saturated heterocycles. The molecule has 1 saturated carbocycles. The van der Waals surface area contributed by atoms with Gasteiger partial charge in [-0.1, -0.05) is 6.92 Å². The number of aromatic amines is 1. The van der Waals surface area contributed by atoms with Gasteiger partial charge >= 0.3 is 5.69 Å². The first-order chi connectivity index (χ1) is 11.8. The van der Waals surface area contributed by atoms with Crippen molar-refractivity contribution < 1.29 is 9.53 Å². The fourth-order valence-corrected chi connectivity index (χ4v) is 3.38. The van der Waals surface area contributed by atoms with Crippen LogP contribution < -0.4 is 17.0 Å². The van der Waals surface area contributed by atoms with Crippen molar-refractivity contribution in [3.05, 3.63) is 26.4 Å². The molecule has 1 fully saturated rings. The van der Waals surface area contributed by atoms with Crippen molar-refractivity contribution in [2.24, 2.45) is 5.92 Å². The number of nitrogens with two attached hydrogens (primary N) is 1. The summed E-state index contributed by atoms with van der Waals surface area (Å²) in [5.74, 6) is 0.260. The highest BCUT2D eigenvalue weighted by molar-refractivity contribution is 6.01. The molecule has 25 heavy (non-hydrogen) atoms. The minimum absolute atomic E-state index is 0.0959. The number of nitrogens with one attached hydrogen (secondary N) is 1. The molecule has 1 aromatic heterocycles. The number of ketones is 1. The number of nitrogen functional groups attached to an aromatic ring is 1. The normalized spacial score (nSPS) is 20.8. The van der Waals surface area contributed by atoms with Crippen molar-refractivity contribution in [1.29, 1.82) is 0 Å². The van der Waals surface area contributed by atoms with Crippen molar-refractivity contribution in [2.75, 3.05) is 33.0 Å². The lowest BCUT2D eigenvalue weighted by Crippen LogP contribution is -2.42. The van der Waals surface area contributed by atoms with E-state index in [1.807, 2.05) is 11.9 Å². The third-order valence-electron chi connectivity index (χ3n) is 5.04. The van der Waals surface area contributed by atoms with Gasteiger partial charge in [-0.25, -0.2) is 4.79 Å². The Bertz CT molecular complexity index is 716. The lowest BCUT2D eigenvalue weighted by molar-refractivity contribution is 0.0887. The van der Waals surface area contributed by atoms with Gasteiger partial charge in [-0.3, -0.25) is 24.0 Å². The van der Waals surface area contributed by atoms with Crippen LogP contribution in [0.1, 0.15) is 43.0 Å². The molecule has 1 heterocycles. The number of carbonyl (C=O) groups is 1. The first-order valence-electron chi connectivity index (χ1n) is 8.70. The number of aromatic nitrogens is 2. The summed E-state index contributed by atoms with van der Waals surface area (Å²) in [6, 6.07) is 0.333. The van der Waals surface area contributed by atoms with Gasteiger partial charge in [-0.2, -0.15) is 0 Å². The maximum Gasteiger partial charge on any atom is 0.330 e. The van der Waals surface area contributed by atoms with E-state index >= 15 is 0 Å². The van der Waals surface area contributed by atoms with Gasteiger partial charge in [0.25, 0.3) is 5.56 Å². The Morgan fingerprint density at radius 1 is 1.32 bits per heavy atom. The molecule has 1 aromatic rings. The molecule has 0 unspecified atom stereocenters. The van der Waals surface area contributed by atoms with Crippen LogP contribution in [-0.4, -0.2) is 53.6 Å². The number of hydrogen-bond donors (Lipinski definition) is 2. The Hall–Kier alpha value is -1.93. The average Bonchev–Trinajstić information content (AvgIpc) is 2.54. The zero-order valence-electron chi connectivity index (χ0n) is 15.2. The number of likely N-dealkylation sites (N-methyl/N-ethyl adjacent to an activating group) is 1. The van der Waals surface area contributed by atoms with Crippen molar-refractivity contribution in [2.45, 2.75) is 45.2 Å². The summed E-state index contributed by atoms with van der Waals surface area (Å²) in [6.45, 7) is 2.78. The summed E-state index contributed by atoms with van der Waals surface area (Å²) in [5.41, 5.74) is 4.44. The topological polar surface area (TPSA) is 110 Å². The minimum atomic E-state index is -0.730. The molecule has 8 nitrogen and oxygen atoms in total. The first kappa shape index (κ1) is 19.4. The monoisotopic (exact) mass is 352 g/mol. The molecule has 0 aromatic carbocycles. The summed E-state index contributed by atoms with van der Waals surface area (Å²) < 4.78 is 6.11. The molecule has 2 rings (SSSR count). The molecule has 1 aliphatic carbocycles. The molecule has 0 amide bonds. The molecular weight excluding hydrogens is 324 g/mol. The van der Waals surface area contributed by atoms with Crippen LogP contribution in [0.5, 0.6) is 0 Å². The maximum atomic E-state index is 12.7. The summed E-state index contributed by atoms with van der Waals surface area (Å²) in [4.78, 5) is 40.8. The van der Waals surface area contributed by atoms with Gasteiger partial charge in [-0.05, 0) is 38.6 Å². The van der Waals surface area contributed by atoms with E-state index in [0.29, 0.717) is 6.04 Å². The minimum Gasteiger partial charge on any atom is -0.384 e. The summed E-state index contributed by atoms with van der Waals surface area (Å²) in [7, 11) is 3.39. The Morgan fingerprint density at radius 3 is 2.56 bits per heavy atom. The van der Waals surface area contributed by atoms with Gasteiger partial charge in [0, 0.05) is 13.2 Å². The van der Waals surface area contributed by atoms with Crippen LogP contribution in [0.3, 0.4) is 0 Å². The number of anilines is 1. The SMILES string of the molecule is COCCn1c(N)c(C(=O)CN(C)C2CCC(C)CC2)c(=O)[nH]c1=O. The van der Waals surface area contributed by atoms with Crippen molar-refractivity contribution in [1.82, 2.24) is 14.5 Å². The Labute approximate surface area is 147 Å². The summed E-state index contributed by atoms with van der Waals surface area (Å²) in [5, 5.41) is 0. The van der Waals surface area contributed by atoms with Crippen LogP contribution in [0.25, 0.3) is 0 Å². The van der Waals surface area contributed by atoms with E-state index in [4.69, 9.17) is 10.5 Å². The second kappa shape index (κ2) is 8.44. The van der Waals surface area contributed by atoms with Crippen LogP contribution in [0, 0.1) is 5.92 Å². The van der Waals surface area contributed by atoms with Gasteiger partial charge in [0.1, 0.15) is 11.4 Å². The fourth-order valence-electron chi connectivity index (χ4n) is 3.38. The van der Waals surface area contributed by atoms with Crippen LogP contribution >= 0.6 is 0 Å². The zero-order chi connectivity index (χ0) is 18.6. The molecule has 0 atom stereocenters. The van der Waals surface area contributed by atoms with Gasteiger partial charge in [-0.15, -0.1) is 0 Å². The second-order valence-electron chi connectivity index (χ2n) is 6.92. The standard InChI is InChI=1S/C17H28N4O4/c1-11-4-6-12(7-5-11)20(2)10-13(22)14-15(18)21(8-9-25-3)17(24)19-16(14)23/h11-12H,4-10,18H2,1-3H3,(H,19,23,24). The quantitative estimate of drug-likeness (QED) is 0.690. The van der Waals surface area contributed by atoms with Crippen LogP contribution in [0.4, 0.5) is 5.82 Å². The number of H-pyrrole nitrogens is 1. The Morgan fingerprint density at radius 2 is 1.96 bits per heavy atom. The fraction of sp³-hybridized carbons (Fsp3) is 0.706. The molecular formula is C17H28N4O4. The summed E-state index contributed by atoms with van der Waals surface area (Å²) >= 11 is 0. The summed E-state index contributed by atoms with van der Waals surface area (Å²) in [6.07, 6.45) is 4.38. The predicted molar refractivity (Wildman–Crippen MR) is 96.0 cm³/mol. The van der Waals surface area contributed by atoms with Gasteiger partial charge < -0.3 is 10.5 Å². The van der Waals surface area contributed by atoms with E-state index in [2.05, 4.69) is 11.9 Å². The molecule has 0 bridgehead atoms. The number of ether oxygens (including phenoxy) is 1. The lowest BCUT2D eigenvalue weighted by atomic mass is 9.86. The first-order valence-corrected chi connectivity index (χ1v) is 8.70. The largest absolute Gasteiger partial charge is 0.384 e. The number of methoxy groups -OCH3 is 1. The van der Waals surface area contributed by atoms with E-state index in [9.17, 15) is 14.4 Å². The number of nitrogens with zero attached hydrogens (tertiary/aromatic N) is 2. The number of Topliss-reactive ketones (excluding diaryl/α,β-unsaturated/α-hetero) is 1. The zero-order valence-corrected chi connectivity index (χ0v) is 15.2.